The lowest BCUT2D eigenvalue weighted by atomic mass is 9.90. The number of hydrogen-bond donors (Lipinski definition) is 1. The number of likely N-dealkylation sites (tertiary alicyclic amines) is 1. The molecule has 2 rings (SSSR count). The van der Waals surface area contributed by atoms with Gasteiger partial charge in [-0.25, -0.2) is 0 Å². The van der Waals surface area contributed by atoms with Crippen LogP contribution < -0.4 is 0 Å². The highest BCUT2D eigenvalue weighted by Gasteiger charge is 2.43. The van der Waals surface area contributed by atoms with Crippen LogP contribution in [0.15, 0.2) is 0 Å². The van der Waals surface area contributed by atoms with E-state index in [9.17, 15) is 14.7 Å². The highest BCUT2D eigenvalue weighted by atomic mass is 16.5. The Bertz CT molecular complexity index is 394. The fourth-order valence-corrected chi connectivity index (χ4v) is 2.84. The lowest BCUT2D eigenvalue weighted by Gasteiger charge is -2.26. The van der Waals surface area contributed by atoms with Gasteiger partial charge in [-0.2, -0.15) is 0 Å². The van der Waals surface area contributed by atoms with Crippen LogP contribution in [-0.2, 0) is 19.1 Å². The second-order valence-electron chi connectivity index (χ2n) is 6.34. The minimum atomic E-state index is -0.845. The van der Waals surface area contributed by atoms with Crippen molar-refractivity contribution in [2.45, 2.75) is 51.7 Å². The first-order valence-corrected chi connectivity index (χ1v) is 7.68. The van der Waals surface area contributed by atoms with E-state index >= 15 is 0 Å². The van der Waals surface area contributed by atoms with E-state index in [1.54, 1.807) is 18.7 Å². The van der Waals surface area contributed by atoms with Crippen LogP contribution in [0, 0.1) is 5.41 Å². The average molecular weight is 299 g/mol. The molecule has 21 heavy (non-hydrogen) atoms. The third-order valence-corrected chi connectivity index (χ3v) is 4.46. The Balaban J connectivity index is 1.78. The van der Waals surface area contributed by atoms with Crippen LogP contribution in [0.5, 0.6) is 0 Å². The van der Waals surface area contributed by atoms with Crippen molar-refractivity contribution in [1.29, 1.82) is 0 Å². The van der Waals surface area contributed by atoms with Gasteiger partial charge in [0.2, 0.25) is 0 Å². The Morgan fingerprint density at radius 3 is 2.81 bits per heavy atom. The molecule has 3 atom stereocenters. The second-order valence-corrected chi connectivity index (χ2v) is 6.34. The summed E-state index contributed by atoms with van der Waals surface area (Å²) >= 11 is 0. The van der Waals surface area contributed by atoms with Crippen molar-refractivity contribution in [2.24, 2.45) is 5.41 Å². The van der Waals surface area contributed by atoms with Crippen molar-refractivity contribution < 1.29 is 24.2 Å². The maximum Gasteiger partial charge on any atom is 0.311 e. The molecule has 0 aromatic carbocycles. The van der Waals surface area contributed by atoms with Crippen LogP contribution in [-0.4, -0.2) is 60.4 Å². The number of aliphatic carboxylic acids is 1. The normalized spacial score (nSPS) is 31.1. The molecular formula is C15H25NO5. The zero-order valence-electron chi connectivity index (χ0n) is 12.8. The summed E-state index contributed by atoms with van der Waals surface area (Å²) in [6, 6.07) is 0. The maximum absolute atomic E-state index is 12.3. The fraction of sp³-hybridized carbons (Fsp3) is 0.867. The molecule has 1 N–H and O–H groups in total. The zero-order chi connectivity index (χ0) is 15.5. The summed E-state index contributed by atoms with van der Waals surface area (Å²) in [6.07, 6.45) is 3.23. The number of carboxylic acids is 1. The van der Waals surface area contributed by atoms with E-state index in [1.807, 2.05) is 0 Å². The minimum absolute atomic E-state index is 0.0804. The summed E-state index contributed by atoms with van der Waals surface area (Å²) < 4.78 is 11.2. The molecule has 0 bridgehead atoms. The van der Waals surface area contributed by atoms with Crippen molar-refractivity contribution in [3.8, 4) is 0 Å². The van der Waals surface area contributed by atoms with Gasteiger partial charge in [-0.15, -0.1) is 0 Å². The van der Waals surface area contributed by atoms with Crippen LogP contribution in [0.2, 0.25) is 0 Å². The SMILES string of the molecule is C[C@H](OC[C@H]1CCCCO1)C(=O)N1CC[C@](C)(C(=O)O)C1. The van der Waals surface area contributed by atoms with Gasteiger partial charge in [-0.3, -0.25) is 9.59 Å². The van der Waals surface area contributed by atoms with Crippen molar-refractivity contribution in [1.82, 2.24) is 4.90 Å². The summed E-state index contributed by atoms with van der Waals surface area (Å²) in [5, 5.41) is 9.20. The third kappa shape index (κ3) is 3.95. The molecule has 2 fully saturated rings. The van der Waals surface area contributed by atoms with E-state index in [-0.39, 0.29) is 18.6 Å². The van der Waals surface area contributed by atoms with Gasteiger partial charge in [0.15, 0.2) is 0 Å². The fourth-order valence-electron chi connectivity index (χ4n) is 2.84. The van der Waals surface area contributed by atoms with Crippen molar-refractivity contribution in [3.63, 3.8) is 0 Å². The molecule has 0 radical (unpaired) electrons. The molecule has 0 unspecified atom stereocenters. The Morgan fingerprint density at radius 1 is 1.48 bits per heavy atom. The third-order valence-electron chi connectivity index (χ3n) is 4.46. The second kappa shape index (κ2) is 6.75. The molecule has 2 saturated heterocycles. The highest BCUT2D eigenvalue weighted by molar-refractivity contribution is 5.83. The van der Waals surface area contributed by atoms with Crippen LogP contribution in [0.3, 0.4) is 0 Å². The van der Waals surface area contributed by atoms with Crippen LogP contribution in [0.1, 0.15) is 39.5 Å². The molecule has 2 aliphatic rings. The van der Waals surface area contributed by atoms with Crippen LogP contribution in [0.25, 0.3) is 0 Å². The smallest absolute Gasteiger partial charge is 0.311 e. The van der Waals surface area contributed by atoms with Gasteiger partial charge in [0, 0.05) is 19.7 Å². The van der Waals surface area contributed by atoms with E-state index in [2.05, 4.69) is 0 Å². The number of carbonyl (C=O) groups is 2. The number of rotatable bonds is 5. The Kier molecular flexibility index (Phi) is 5.22. The lowest BCUT2D eigenvalue weighted by molar-refractivity contribution is -0.149. The lowest BCUT2D eigenvalue weighted by Crippen LogP contribution is -2.41. The van der Waals surface area contributed by atoms with Gasteiger partial charge in [-0.1, -0.05) is 0 Å². The molecule has 2 aliphatic heterocycles. The number of nitrogens with zero attached hydrogens (tertiary/aromatic N) is 1. The van der Waals surface area contributed by atoms with Gasteiger partial charge in [0.25, 0.3) is 5.91 Å². The zero-order valence-corrected chi connectivity index (χ0v) is 12.8. The minimum Gasteiger partial charge on any atom is -0.481 e. The first-order valence-electron chi connectivity index (χ1n) is 7.68. The maximum atomic E-state index is 12.3. The molecule has 0 aromatic heterocycles. The quantitative estimate of drug-likeness (QED) is 0.827. The first kappa shape index (κ1) is 16.2. The summed E-state index contributed by atoms with van der Waals surface area (Å²) in [5.41, 5.74) is -0.831. The molecule has 0 aromatic rings. The molecule has 6 nitrogen and oxygen atoms in total. The van der Waals surface area contributed by atoms with E-state index in [0.717, 1.165) is 25.9 Å². The summed E-state index contributed by atoms with van der Waals surface area (Å²) in [4.78, 5) is 25.1. The monoisotopic (exact) mass is 299 g/mol. The Morgan fingerprint density at radius 2 is 2.24 bits per heavy atom. The summed E-state index contributed by atoms with van der Waals surface area (Å²) in [6.45, 7) is 5.34. The van der Waals surface area contributed by atoms with Crippen LogP contribution in [0.4, 0.5) is 0 Å². The van der Waals surface area contributed by atoms with Gasteiger partial charge < -0.3 is 19.5 Å². The van der Waals surface area contributed by atoms with Gasteiger partial charge in [-0.05, 0) is 39.5 Å². The molecule has 120 valence electrons. The predicted molar refractivity (Wildman–Crippen MR) is 75.9 cm³/mol. The first-order chi connectivity index (χ1) is 9.92. The Labute approximate surface area is 125 Å². The van der Waals surface area contributed by atoms with E-state index in [4.69, 9.17) is 9.47 Å². The molecular weight excluding hydrogens is 274 g/mol. The van der Waals surface area contributed by atoms with Crippen LogP contribution >= 0.6 is 0 Å². The molecule has 2 heterocycles. The highest BCUT2D eigenvalue weighted by Crippen LogP contribution is 2.30. The Hall–Kier alpha value is -1.14. The molecule has 6 heteroatoms. The van der Waals surface area contributed by atoms with Crippen molar-refractivity contribution in [2.75, 3.05) is 26.3 Å². The molecule has 1 amide bonds. The topological polar surface area (TPSA) is 76.1 Å². The summed E-state index contributed by atoms with van der Waals surface area (Å²) in [7, 11) is 0. The van der Waals surface area contributed by atoms with E-state index in [0.29, 0.717) is 19.6 Å². The van der Waals surface area contributed by atoms with Gasteiger partial charge in [0.05, 0.1) is 18.1 Å². The van der Waals surface area contributed by atoms with Gasteiger partial charge >= 0.3 is 5.97 Å². The predicted octanol–water partition coefficient (Wildman–Crippen LogP) is 1.28. The number of carbonyl (C=O) groups excluding carboxylic acids is 1. The van der Waals surface area contributed by atoms with E-state index in [1.165, 1.54) is 0 Å². The van der Waals surface area contributed by atoms with Crippen molar-refractivity contribution >= 4 is 11.9 Å². The standard InChI is InChI=1S/C15H25NO5/c1-11(21-9-12-5-3-4-8-20-12)13(17)16-7-6-15(2,10-16)14(18)19/h11-12H,3-10H2,1-2H3,(H,18,19)/t11-,12+,15-/m0/s1. The number of carboxylic acid groups (broad SMARTS) is 1. The van der Waals surface area contributed by atoms with Gasteiger partial charge in [0.1, 0.15) is 6.10 Å². The molecule has 0 aliphatic carbocycles. The molecule has 0 spiro atoms. The largest absolute Gasteiger partial charge is 0.481 e. The molecule has 0 saturated carbocycles. The van der Waals surface area contributed by atoms with Crippen molar-refractivity contribution in [3.05, 3.63) is 0 Å². The average Bonchev–Trinajstić information content (AvgIpc) is 2.89. The van der Waals surface area contributed by atoms with E-state index < -0.39 is 17.5 Å². The number of ether oxygens (including phenoxy) is 2. The summed E-state index contributed by atoms with van der Waals surface area (Å²) in [5.74, 6) is -0.974. The number of hydrogen-bond acceptors (Lipinski definition) is 4. The number of amides is 1.